The highest BCUT2D eigenvalue weighted by Gasteiger charge is 2.53. The molecular formula is C19H19N5O3S. The average Bonchev–Trinajstić information content (AvgIpc) is 3.39. The molecule has 3 aromatic heterocycles. The second-order valence-electron chi connectivity index (χ2n) is 8.60. The summed E-state index contributed by atoms with van der Waals surface area (Å²) in [4.78, 5) is 12.2. The fourth-order valence-corrected chi connectivity index (χ4v) is 6.70. The summed E-state index contributed by atoms with van der Waals surface area (Å²) < 4.78 is 7.62. The molecule has 4 bridgehead atoms. The Kier molecular flexibility index (Phi) is 3.36. The molecule has 28 heavy (non-hydrogen) atoms. The van der Waals surface area contributed by atoms with Crippen LogP contribution in [0.4, 0.5) is 5.69 Å². The Morgan fingerprint density at radius 1 is 1.14 bits per heavy atom. The molecule has 8 nitrogen and oxygen atoms in total. The van der Waals surface area contributed by atoms with E-state index >= 15 is 0 Å². The highest BCUT2D eigenvalue weighted by Crippen LogP contribution is 2.59. The molecule has 4 aliphatic rings. The molecule has 0 radical (unpaired) electrons. The molecule has 9 heteroatoms. The summed E-state index contributed by atoms with van der Waals surface area (Å²) in [6, 6.07) is 3.78. The third kappa shape index (κ3) is 2.38. The number of thiophene rings is 1. The van der Waals surface area contributed by atoms with Crippen LogP contribution in [-0.4, -0.2) is 24.9 Å². The SMILES string of the molecule is O=[N+]([O-])c1cn(C23CC4CC(CC(C4)C2)C3)nc1-c1nnc(-c2cccs2)o1. The van der Waals surface area contributed by atoms with Gasteiger partial charge in [0, 0.05) is 0 Å². The Bertz CT molecular complexity index is 1020. The van der Waals surface area contributed by atoms with Crippen molar-refractivity contribution in [3.63, 3.8) is 0 Å². The minimum absolute atomic E-state index is 0.0582. The van der Waals surface area contributed by atoms with E-state index in [4.69, 9.17) is 4.42 Å². The summed E-state index contributed by atoms with van der Waals surface area (Å²) >= 11 is 1.48. The lowest BCUT2D eigenvalue weighted by atomic mass is 9.53. The molecule has 0 aliphatic heterocycles. The molecule has 4 fully saturated rings. The largest absolute Gasteiger partial charge is 0.413 e. The van der Waals surface area contributed by atoms with E-state index in [9.17, 15) is 10.1 Å². The molecule has 3 heterocycles. The van der Waals surface area contributed by atoms with Gasteiger partial charge in [0.2, 0.25) is 5.69 Å². The minimum Gasteiger partial charge on any atom is -0.413 e. The maximum atomic E-state index is 11.7. The quantitative estimate of drug-likeness (QED) is 0.475. The van der Waals surface area contributed by atoms with E-state index in [-0.39, 0.29) is 22.8 Å². The Hall–Kier alpha value is -2.55. The van der Waals surface area contributed by atoms with Crippen molar-refractivity contribution in [1.82, 2.24) is 20.0 Å². The van der Waals surface area contributed by atoms with Crippen LogP contribution < -0.4 is 0 Å². The Morgan fingerprint density at radius 3 is 2.43 bits per heavy atom. The molecule has 4 saturated carbocycles. The molecule has 0 unspecified atom stereocenters. The Labute approximate surface area is 164 Å². The third-order valence-electron chi connectivity index (χ3n) is 6.74. The Balaban J connectivity index is 1.42. The number of nitro groups is 1. The predicted octanol–water partition coefficient (Wildman–Crippen LogP) is 4.50. The van der Waals surface area contributed by atoms with Crippen LogP contribution in [-0.2, 0) is 5.54 Å². The normalized spacial score (nSPS) is 30.8. The van der Waals surface area contributed by atoms with Gasteiger partial charge in [-0.2, -0.15) is 5.10 Å². The summed E-state index contributed by atoms with van der Waals surface area (Å²) in [7, 11) is 0. The molecule has 144 valence electrons. The van der Waals surface area contributed by atoms with E-state index in [1.54, 1.807) is 6.20 Å². The maximum Gasteiger partial charge on any atom is 0.320 e. The van der Waals surface area contributed by atoms with Crippen LogP contribution in [0.25, 0.3) is 22.4 Å². The molecule has 4 aliphatic carbocycles. The number of hydrogen-bond donors (Lipinski definition) is 0. The van der Waals surface area contributed by atoms with Gasteiger partial charge in [0.05, 0.1) is 15.3 Å². The van der Waals surface area contributed by atoms with E-state index in [0.29, 0.717) is 5.89 Å². The molecule has 0 atom stereocenters. The first-order valence-corrected chi connectivity index (χ1v) is 10.6. The summed E-state index contributed by atoms with van der Waals surface area (Å²) in [5.74, 6) is 2.66. The van der Waals surface area contributed by atoms with Crippen molar-refractivity contribution in [2.45, 2.75) is 44.1 Å². The lowest BCUT2D eigenvalue weighted by Crippen LogP contribution is -2.52. The highest BCUT2D eigenvalue weighted by atomic mass is 32.1. The van der Waals surface area contributed by atoms with E-state index in [2.05, 4.69) is 15.3 Å². The Morgan fingerprint density at radius 2 is 1.82 bits per heavy atom. The van der Waals surface area contributed by atoms with Crippen molar-refractivity contribution in [3.8, 4) is 22.4 Å². The molecule has 0 aromatic carbocycles. The standard InChI is InChI=1S/C19H19N5O3S/c25-24(26)14-10-23(19-7-11-4-12(8-19)6-13(5-11)9-19)22-16(14)18-21-20-17(27-18)15-2-1-3-28-15/h1-3,10-13H,4-9H2. The monoisotopic (exact) mass is 397 g/mol. The van der Waals surface area contributed by atoms with Crippen LogP contribution >= 0.6 is 11.3 Å². The van der Waals surface area contributed by atoms with Crippen molar-refractivity contribution in [2.75, 3.05) is 0 Å². The topological polar surface area (TPSA) is 99.9 Å². The lowest BCUT2D eigenvalue weighted by Gasteiger charge is -2.56. The van der Waals surface area contributed by atoms with Gasteiger partial charge in [-0.1, -0.05) is 6.07 Å². The van der Waals surface area contributed by atoms with Crippen LogP contribution in [0.1, 0.15) is 38.5 Å². The van der Waals surface area contributed by atoms with Crippen molar-refractivity contribution in [2.24, 2.45) is 17.8 Å². The number of nitrogens with zero attached hydrogens (tertiary/aromatic N) is 5. The van der Waals surface area contributed by atoms with Gasteiger partial charge in [-0.05, 0) is 67.7 Å². The third-order valence-corrected chi connectivity index (χ3v) is 7.60. The van der Waals surface area contributed by atoms with Gasteiger partial charge in [0.1, 0.15) is 6.20 Å². The second kappa shape index (κ2) is 5.73. The van der Waals surface area contributed by atoms with Gasteiger partial charge in [0.15, 0.2) is 0 Å². The zero-order valence-electron chi connectivity index (χ0n) is 15.2. The van der Waals surface area contributed by atoms with Gasteiger partial charge in [-0.25, -0.2) is 0 Å². The van der Waals surface area contributed by atoms with Gasteiger partial charge in [0.25, 0.3) is 11.8 Å². The number of rotatable bonds is 4. The van der Waals surface area contributed by atoms with Gasteiger partial charge < -0.3 is 4.42 Å². The summed E-state index contributed by atoms with van der Waals surface area (Å²) in [5, 5.41) is 26.4. The first-order valence-electron chi connectivity index (χ1n) is 9.72. The number of aromatic nitrogens is 4. The molecule has 0 spiro atoms. The van der Waals surface area contributed by atoms with Crippen molar-refractivity contribution in [3.05, 3.63) is 33.8 Å². The fourth-order valence-electron chi connectivity index (χ4n) is 6.06. The van der Waals surface area contributed by atoms with E-state index < -0.39 is 4.92 Å². The first-order chi connectivity index (χ1) is 13.6. The fraction of sp³-hybridized carbons (Fsp3) is 0.526. The zero-order valence-corrected chi connectivity index (χ0v) is 16.0. The van der Waals surface area contributed by atoms with Crippen LogP contribution in [0.3, 0.4) is 0 Å². The van der Waals surface area contributed by atoms with Crippen LogP contribution in [0, 0.1) is 27.9 Å². The smallest absolute Gasteiger partial charge is 0.320 e. The van der Waals surface area contributed by atoms with Crippen LogP contribution in [0.5, 0.6) is 0 Å². The van der Waals surface area contributed by atoms with E-state index in [1.807, 2.05) is 22.2 Å². The minimum atomic E-state index is -0.394. The average molecular weight is 397 g/mol. The number of hydrogen-bond acceptors (Lipinski definition) is 7. The van der Waals surface area contributed by atoms with Crippen molar-refractivity contribution < 1.29 is 9.34 Å². The lowest BCUT2D eigenvalue weighted by molar-refractivity contribution is -0.384. The highest BCUT2D eigenvalue weighted by molar-refractivity contribution is 7.13. The summed E-state index contributed by atoms with van der Waals surface area (Å²) in [6.45, 7) is 0. The van der Waals surface area contributed by atoms with Gasteiger partial charge >= 0.3 is 5.69 Å². The van der Waals surface area contributed by atoms with Crippen LogP contribution in [0.15, 0.2) is 28.1 Å². The zero-order chi connectivity index (χ0) is 18.9. The van der Waals surface area contributed by atoms with Gasteiger partial charge in [-0.3, -0.25) is 14.8 Å². The molecule has 0 amide bonds. The summed E-state index contributed by atoms with van der Waals surface area (Å²) in [6.07, 6.45) is 8.73. The molecule has 3 aromatic rings. The predicted molar refractivity (Wildman–Crippen MR) is 102 cm³/mol. The molecule has 0 saturated heterocycles. The van der Waals surface area contributed by atoms with Gasteiger partial charge in [-0.15, -0.1) is 21.5 Å². The van der Waals surface area contributed by atoms with Crippen LogP contribution in [0.2, 0.25) is 0 Å². The first kappa shape index (κ1) is 16.4. The maximum absolute atomic E-state index is 11.7. The molecule has 0 N–H and O–H groups in total. The molecule has 7 rings (SSSR count). The summed E-state index contributed by atoms with van der Waals surface area (Å²) in [5.41, 5.74) is 0.0298. The second-order valence-corrected chi connectivity index (χ2v) is 9.54. The molecular weight excluding hydrogens is 378 g/mol. The van der Waals surface area contributed by atoms with Crippen molar-refractivity contribution in [1.29, 1.82) is 0 Å². The van der Waals surface area contributed by atoms with E-state index in [1.165, 1.54) is 30.6 Å². The van der Waals surface area contributed by atoms with Crippen molar-refractivity contribution >= 4 is 17.0 Å². The van der Waals surface area contributed by atoms with E-state index in [0.717, 1.165) is 41.9 Å².